The Morgan fingerprint density at radius 3 is 1.74 bits per heavy atom. The lowest BCUT2D eigenvalue weighted by molar-refractivity contribution is 0.669. The molecule has 0 unspecified atom stereocenters. The minimum Gasteiger partial charge on any atom is -0.456 e. The van der Waals surface area contributed by atoms with Gasteiger partial charge in [0.05, 0.1) is 33.5 Å². The molecular weight excluding hydrogens is 793 g/mol. The molecule has 0 amide bonds. The topological polar surface area (TPSA) is 47.7 Å². The van der Waals surface area contributed by atoms with Crippen LogP contribution in [0.25, 0.3) is 109 Å². The Bertz CT molecular complexity index is 4200. The molecule has 304 valence electrons. The van der Waals surface area contributed by atoms with Crippen LogP contribution in [0.1, 0.15) is 24.0 Å². The normalized spacial score (nSPS) is 13.7. The van der Waals surface area contributed by atoms with Gasteiger partial charge in [-0.2, -0.15) is 0 Å². The third-order valence-corrected chi connectivity index (χ3v) is 13.6. The Morgan fingerprint density at radius 1 is 0.385 bits per heavy atom. The molecule has 13 aromatic rings. The molecule has 0 aliphatic carbocycles. The van der Waals surface area contributed by atoms with Crippen molar-refractivity contribution in [3.8, 4) is 5.69 Å². The smallest absolute Gasteiger partial charge is 0.235 e. The molecule has 3 aromatic heterocycles. The van der Waals surface area contributed by atoms with E-state index in [1.54, 1.807) is 0 Å². The van der Waals surface area contributed by atoms with E-state index in [9.17, 15) is 0 Å². The van der Waals surface area contributed by atoms with Crippen molar-refractivity contribution in [2.24, 2.45) is 9.98 Å². The summed E-state index contributed by atoms with van der Waals surface area (Å²) in [5.74, 6) is 0.622. The zero-order valence-corrected chi connectivity index (χ0v) is 35.2. The summed E-state index contributed by atoms with van der Waals surface area (Å²) in [6.07, 6.45) is 3.80. The highest BCUT2D eigenvalue weighted by Gasteiger charge is 2.24. The van der Waals surface area contributed by atoms with E-state index in [0.29, 0.717) is 5.96 Å². The molecule has 0 atom stereocenters. The van der Waals surface area contributed by atoms with Crippen molar-refractivity contribution in [2.75, 3.05) is 0 Å². The fraction of sp³-hybridized carbons (Fsp3) is 0.0333. The molecule has 0 saturated carbocycles. The Balaban J connectivity index is 1.06. The summed E-state index contributed by atoms with van der Waals surface area (Å²) in [6.45, 7) is 0. The zero-order valence-electron chi connectivity index (χ0n) is 35.2. The van der Waals surface area contributed by atoms with Crippen LogP contribution in [0.15, 0.2) is 221 Å². The first-order chi connectivity index (χ1) is 32.2. The van der Waals surface area contributed by atoms with Crippen LogP contribution in [0.3, 0.4) is 0 Å². The van der Waals surface area contributed by atoms with Crippen LogP contribution < -0.4 is 0 Å². The Kier molecular flexibility index (Phi) is 7.74. The number of para-hydroxylation sites is 3. The molecule has 0 saturated heterocycles. The second-order valence-corrected chi connectivity index (χ2v) is 17.2. The number of nitrogens with zero attached hydrogens (tertiary/aromatic N) is 4. The maximum atomic E-state index is 6.40. The van der Waals surface area contributed by atoms with Crippen molar-refractivity contribution in [1.82, 2.24) is 9.13 Å². The SMILES string of the molecule is C1=C(c2ccccc2)N=C(n2c3ccccc3c3c2ccc2c4ccccc4n(-c4ccc5c6ccccc6c6ccccc6c5c4)c23)N=C(c2ccc3c(c2)oc2ccccc23)CC1. The number of aliphatic imine (C=N–C) groups is 2. The maximum Gasteiger partial charge on any atom is 0.235 e. The van der Waals surface area contributed by atoms with Crippen LogP contribution in [0, 0.1) is 0 Å². The number of allylic oxidation sites excluding steroid dienone is 1. The van der Waals surface area contributed by atoms with Crippen LogP contribution in [-0.4, -0.2) is 20.8 Å². The zero-order chi connectivity index (χ0) is 42.6. The summed E-state index contributed by atoms with van der Waals surface area (Å²) < 4.78 is 11.2. The van der Waals surface area contributed by atoms with Crippen LogP contribution in [0.4, 0.5) is 0 Å². The van der Waals surface area contributed by atoms with E-state index in [1.165, 1.54) is 43.1 Å². The average molecular weight is 831 g/mol. The van der Waals surface area contributed by atoms with Crippen LogP contribution in [-0.2, 0) is 0 Å². The standard InChI is InChI=1S/C60H38N4O/c1-2-15-37(16-3-1)51-24-14-25-52(38-29-31-47-46-22-10-13-28-56(46)65-57(47)35-38)62-60(61-51)64-54-27-12-9-23-49(54)58-55(64)34-33-48-45-21-8-11-26-53(45)63(59(48)58)39-30-32-44-42-19-5-4-17-40(42)41-18-6-7-20-43(41)50(44)36-39/h1-13,15-24,26-36H,14,25H2. The van der Waals surface area contributed by atoms with E-state index in [-0.39, 0.29) is 0 Å². The number of fused-ring (bicyclic) bond motifs is 16. The fourth-order valence-electron chi connectivity index (χ4n) is 10.7. The first-order valence-corrected chi connectivity index (χ1v) is 22.4. The highest BCUT2D eigenvalue weighted by molar-refractivity contribution is 6.29. The van der Waals surface area contributed by atoms with E-state index >= 15 is 0 Å². The predicted molar refractivity (Wildman–Crippen MR) is 273 cm³/mol. The van der Waals surface area contributed by atoms with Crippen molar-refractivity contribution in [3.63, 3.8) is 0 Å². The van der Waals surface area contributed by atoms with Gasteiger partial charge in [0.15, 0.2) is 0 Å². The number of furan rings is 1. The lowest BCUT2D eigenvalue weighted by Gasteiger charge is -2.15. The molecule has 5 nitrogen and oxygen atoms in total. The number of aromatic nitrogens is 2. The number of benzene rings is 10. The average Bonchev–Trinajstić information content (AvgIpc) is 4.02. The van der Waals surface area contributed by atoms with Gasteiger partial charge in [0.25, 0.3) is 0 Å². The van der Waals surface area contributed by atoms with Gasteiger partial charge in [0.1, 0.15) is 11.2 Å². The van der Waals surface area contributed by atoms with Crippen LogP contribution >= 0.6 is 0 Å². The largest absolute Gasteiger partial charge is 0.456 e. The van der Waals surface area contributed by atoms with Gasteiger partial charge in [-0.3, -0.25) is 4.57 Å². The van der Waals surface area contributed by atoms with E-state index in [0.717, 1.165) is 95.8 Å². The van der Waals surface area contributed by atoms with E-state index < -0.39 is 0 Å². The third kappa shape index (κ3) is 5.39. The lowest BCUT2D eigenvalue weighted by atomic mass is 9.94. The van der Waals surface area contributed by atoms with Crippen LogP contribution in [0.5, 0.6) is 0 Å². The maximum absolute atomic E-state index is 6.40. The second-order valence-electron chi connectivity index (χ2n) is 17.2. The predicted octanol–water partition coefficient (Wildman–Crippen LogP) is 15.8. The van der Waals surface area contributed by atoms with Gasteiger partial charge in [-0.25, -0.2) is 9.98 Å². The van der Waals surface area contributed by atoms with Crippen molar-refractivity contribution >= 4 is 115 Å². The third-order valence-electron chi connectivity index (χ3n) is 13.6. The molecule has 1 aliphatic rings. The van der Waals surface area contributed by atoms with Crippen molar-refractivity contribution in [3.05, 3.63) is 217 Å². The highest BCUT2D eigenvalue weighted by Crippen LogP contribution is 2.43. The van der Waals surface area contributed by atoms with E-state index in [2.05, 4.69) is 203 Å². The molecule has 0 spiro atoms. The fourth-order valence-corrected chi connectivity index (χ4v) is 10.7. The molecule has 0 radical (unpaired) electrons. The van der Waals surface area contributed by atoms with Crippen molar-refractivity contribution < 1.29 is 4.42 Å². The molecule has 0 fully saturated rings. The second kappa shape index (κ2) is 14.0. The van der Waals surface area contributed by atoms with Gasteiger partial charge in [-0.15, -0.1) is 0 Å². The minimum absolute atomic E-state index is 0.622. The number of hydrogen-bond acceptors (Lipinski definition) is 3. The molecule has 10 aromatic carbocycles. The van der Waals surface area contributed by atoms with Gasteiger partial charge >= 0.3 is 0 Å². The quantitative estimate of drug-likeness (QED) is 0.164. The van der Waals surface area contributed by atoms with Crippen LogP contribution in [0.2, 0.25) is 0 Å². The van der Waals surface area contributed by atoms with E-state index in [1.807, 2.05) is 12.1 Å². The highest BCUT2D eigenvalue weighted by atomic mass is 16.3. The van der Waals surface area contributed by atoms with Gasteiger partial charge in [-0.05, 0) is 105 Å². The van der Waals surface area contributed by atoms with Crippen molar-refractivity contribution in [1.29, 1.82) is 0 Å². The summed E-state index contributed by atoms with van der Waals surface area (Å²) in [6, 6.07) is 72.0. The minimum atomic E-state index is 0.622. The van der Waals surface area contributed by atoms with Gasteiger partial charge in [0, 0.05) is 38.0 Å². The Hall–Kier alpha value is -8.54. The van der Waals surface area contributed by atoms with Gasteiger partial charge in [-0.1, -0.05) is 158 Å². The molecular formula is C60H38N4O. The summed E-state index contributed by atoms with van der Waals surface area (Å²) in [7, 11) is 0. The lowest BCUT2D eigenvalue weighted by Crippen LogP contribution is -2.15. The molecule has 65 heavy (non-hydrogen) atoms. The summed E-state index contributed by atoms with van der Waals surface area (Å²) >= 11 is 0. The summed E-state index contributed by atoms with van der Waals surface area (Å²) in [4.78, 5) is 11.2. The molecule has 0 N–H and O–H groups in total. The Morgan fingerprint density at radius 2 is 0.969 bits per heavy atom. The number of rotatable bonds is 3. The first-order valence-electron chi connectivity index (χ1n) is 22.4. The molecule has 4 heterocycles. The van der Waals surface area contributed by atoms with Crippen molar-refractivity contribution in [2.45, 2.75) is 12.8 Å². The van der Waals surface area contributed by atoms with E-state index in [4.69, 9.17) is 14.4 Å². The van der Waals surface area contributed by atoms with Gasteiger partial charge < -0.3 is 8.98 Å². The summed E-state index contributed by atoms with van der Waals surface area (Å²) in [5, 5.41) is 14.5. The summed E-state index contributed by atoms with van der Waals surface area (Å²) in [5.41, 5.74) is 11.2. The Labute approximate surface area is 373 Å². The molecule has 1 aliphatic heterocycles. The first kappa shape index (κ1) is 36.0. The number of hydrogen-bond donors (Lipinski definition) is 0. The van der Waals surface area contributed by atoms with Gasteiger partial charge in [0.2, 0.25) is 5.96 Å². The molecule has 5 heteroatoms. The monoisotopic (exact) mass is 830 g/mol. The molecule has 14 rings (SSSR count). The molecule has 0 bridgehead atoms.